The number of dihydropyridines is 1. The molecule has 1 aliphatic rings. The molecule has 0 unspecified atom stereocenters. The van der Waals surface area contributed by atoms with Gasteiger partial charge in [0, 0.05) is 96.8 Å². The van der Waals surface area contributed by atoms with E-state index in [1.165, 1.54) is 32.7 Å². The molecule has 0 amide bonds. The second-order valence-electron chi connectivity index (χ2n) is 19.1. The summed E-state index contributed by atoms with van der Waals surface area (Å²) in [5.74, 6) is 1.88. The third kappa shape index (κ3) is 7.06. The minimum absolute atomic E-state index is 0.617. The molecule has 0 spiro atoms. The van der Waals surface area contributed by atoms with Crippen molar-refractivity contribution in [2.24, 2.45) is 0 Å². The van der Waals surface area contributed by atoms with Crippen LogP contribution in [0, 0.1) is 0 Å². The monoisotopic (exact) mass is 960 g/mol. The van der Waals surface area contributed by atoms with Crippen LogP contribution in [0.4, 0.5) is 0 Å². The van der Waals surface area contributed by atoms with E-state index in [0.29, 0.717) is 17.5 Å². The van der Waals surface area contributed by atoms with Gasteiger partial charge in [-0.3, -0.25) is 4.98 Å². The molecule has 14 aromatic rings. The van der Waals surface area contributed by atoms with Gasteiger partial charge in [0.15, 0.2) is 17.5 Å². The van der Waals surface area contributed by atoms with Crippen molar-refractivity contribution in [2.75, 3.05) is 6.54 Å². The zero-order valence-corrected chi connectivity index (χ0v) is 40.5. The van der Waals surface area contributed by atoms with Crippen LogP contribution in [-0.4, -0.2) is 40.2 Å². The summed E-state index contributed by atoms with van der Waals surface area (Å²) >= 11 is 0. The molecule has 8 heteroatoms. The van der Waals surface area contributed by atoms with Gasteiger partial charge in [0.1, 0.15) is 0 Å². The van der Waals surface area contributed by atoms with Gasteiger partial charge in [-0.05, 0) is 120 Å². The Kier molecular flexibility index (Phi) is 9.78. The molecule has 9 aromatic carbocycles. The van der Waals surface area contributed by atoms with E-state index >= 15 is 0 Å². The highest BCUT2D eigenvalue weighted by Crippen LogP contribution is 2.41. The molecule has 0 radical (unpaired) electrons. The zero-order chi connectivity index (χ0) is 49.4. The molecule has 0 fully saturated rings. The first-order valence-corrected chi connectivity index (χ1v) is 25.3. The SMILES string of the molecule is C1=CC(c2ccc3c(c2)c2ccccc2n3-c2ccc3c(c2)c2cc(-n4c5ccccc5c5cc(-c6cccnc6)ccc54)ccc2n3-c2ccc(-c3nc(-c4ccccc4)nc(-c4ccccc4)n3)cc2)=CNC1. The summed E-state index contributed by atoms with van der Waals surface area (Å²) in [4.78, 5) is 19.5. The van der Waals surface area contributed by atoms with Crippen molar-refractivity contribution in [3.63, 3.8) is 0 Å². The number of fused-ring (bicyclic) bond motifs is 9. The number of pyridine rings is 1. The Hall–Kier alpha value is -10.2. The number of rotatable bonds is 8. The quantitative estimate of drug-likeness (QED) is 0.164. The summed E-state index contributed by atoms with van der Waals surface area (Å²) in [7, 11) is 0. The minimum atomic E-state index is 0.617. The first-order valence-electron chi connectivity index (χ1n) is 25.3. The Morgan fingerprint density at radius 2 is 0.760 bits per heavy atom. The number of benzene rings is 9. The molecule has 1 aliphatic heterocycles. The molecule has 0 aliphatic carbocycles. The fraction of sp³-hybridized carbons (Fsp3) is 0.0149. The summed E-state index contributed by atoms with van der Waals surface area (Å²) in [5.41, 5.74) is 17.4. The van der Waals surface area contributed by atoms with E-state index in [-0.39, 0.29) is 0 Å². The number of para-hydroxylation sites is 2. The van der Waals surface area contributed by atoms with Crippen molar-refractivity contribution in [3.8, 4) is 62.4 Å². The molecular weight excluding hydrogens is 917 g/mol. The summed E-state index contributed by atoms with van der Waals surface area (Å²) in [6.45, 7) is 0.843. The van der Waals surface area contributed by atoms with Crippen molar-refractivity contribution in [2.45, 2.75) is 0 Å². The zero-order valence-electron chi connectivity index (χ0n) is 40.5. The highest BCUT2D eigenvalue weighted by molar-refractivity contribution is 6.14. The summed E-state index contributed by atoms with van der Waals surface area (Å²) < 4.78 is 7.23. The predicted molar refractivity (Wildman–Crippen MR) is 308 cm³/mol. The molecule has 0 saturated heterocycles. The third-order valence-corrected chi connectivity index (χ3v) is 14.8. The Morgan fingerprint density at radius 3 is 1.29 bits per heavy atom. The molecule has 75 heavy (non-hydrogen) atoms. The fourth-order valence-electron chi connectivity index (χ4n) is 11.3. The minimum Gasteiger partial charge on any atom is -0.387 e. The average Bonchev–Trinajstić information content (AvgIpc) is 4.13. The van der Waals surface area contributed by atoms with Gasteiger partial charge in [-0.15, -0.1) is 0 Å². The number of nitrogens with one attached hydrogen (secondary N) is 1. The first kappa shape index (κ1) is 42.5. The lowest BCUT2D eigenvalue weighted by atomic mass is 10.0. The van der Waals surface area contributed by atoms with Gasteiger partial charge >= 0.3 is 0 Å². The molecule has 0 atom stereocenters. The highest BCUT2D eigenvalue weighted by Gasteiger charge is 2.21. The van der Waals surface area contributed by atoms with Crippen LogP contribution in [0.5, 0.6) is 0 Å². The van der Waals surface area contributed by atoms with E-state index in [9.17, 15) is 0 Å². The summed E-state index contributed by atoms with van der Waals surface area (Å²) in [6.07, 6.45) is 10.3. The van der Waals surface area contributed by atoms with Crippen molar-refractivity contribution >= 4 is 71.0 Å². The van der Waals surface area contributed by atoms with E-state index in [2.05, 4.69) is 194 Å². The lowest BCUT2D eigenvalue weighted by Gasteiger charge is -2.12. The van der Waals surface area contributed by atoms with Crippen LogP contribution in [0.2, 0.25) is 0 Å². The van der Waals surface area contributed by atoms with Gasteiger partial charge in [-0.1, -0.05) is 127 Å². The van der Waals surface area contributed by atoms with Crippen LogP contribution in [0.15, 0.2) is 249 Å². The van der Waals surface area contributed by atoms with E-state index in [4.69, 9.17) is 15.0 Å². The Labute approximate surface area is 431 Å². The number of aromatic nitrogens is 7. The highest BCUT2D eigenvalue weighted by atomic mass is 15.0. The molecule has 8 nitrogen and oxygen atoms in total. The van der Waals surface area contributed by atoms with Crippen LogP contribution in [0.25, 0.3) is 133 Å². The molecule has 352 valence electrons. The van der Waals surface area contributed by atoms with Gasteiger partial charge in [0.25, 0.3) is 0 Å². The maximum atomic E-state index is 5.05. The lowest BCUT2D eigenvalue weighted by Crippen LogP contribution is -2.08. The second-order valence-corrected chi connectivity index (χ2v) is 19.1. The number of hydrogen-bond acceptors (Lipinski definition) is 5. The van der Waals surface area contributed by atoms with Crippen LogP contribution in [-0.2, 0) is 0 Å². The normalized spacial score (nSPS) is 12.6. The lowest BCUT2D eigenvalue weighted by molar-refractivity contribution is 0.977. The maximum Gasteiger partial charge on any atom is 0.164 e. The van der Waals surface area contributed by atoms with E-state index in [1.54, 1.807) is 0 Å². The van der Waals surface area contributed by atoms with Gasteiger partial charge in [-0.25, -0.2) is 15.0 Å². The molecule has 0 bridgehead atoms. The van der Waals surface area contributed by atoms with Gasteiger partial charge in [-0.2, -0.15) is 0 Å². The van der Waals surface area contributed by atoms with Crippen molar-refractivity contribution < 1.29 is 0 Å². The van der Waals surface area contributed by atoms with Crippen LogP contribution >= 0.6 is 0 Å². The molecule has 0 saturated carbocycles. The topological polar surface area (TPSA) is 78.4 Å². The molecular formula is C67H44N8. The number of hydrogen-bond donors (Lipinski definition) is 1. The third-order valence-electron chi connectivity index (χ3n) is 14.8. The van der Waals surface area contributed by atoms with Gasteiger partial charge in [0.2, 0.25) is 0 Å². The van der Waals surface area contributed by atoms with Crippen molar-refractivity contribution in [1.29, 1.82) is 0 Å². The number of nitrogens with zero attached hydrogens (tertiary/aromatic N) is 7. The Balaban J connectivity index is 0.926. The fourth-order valence-corrected chi connectivity index (χ4v) is 11.3. The Morgan fingerprint density at radius 1 is 0.333 bits per heavy atom. The van der Waals surface area contributed by atoms with Crippen LogP contribution in [0.3, 0.4) is 0 Å². The first-order chi connectivity index (χ1) is 37.2. The van der Waals surface area contributed by atoms with Gasteiger partial charge in [0.05, 0.1) is 33.1 Å². The maximum absolute atomic E-state index is 5.05. The van der Waals surface area contributed by atoms with Crippen molar-refractivity contribution in [1.82, 2.24) is 39.0 Å². The van der Waals surface area contributed by atoms with Crippen LogP contribution in [0.1, 0.15) is 5.56 Å². The van der Waals surface area contributed by atoms with Gasteiger partial charge < -0.3 is 19.0 Å². The van der Waals surface area contributed by atoms with Crippen LogP contribution < -0.4 is 5.32 Å². The largest absolute Gasteiger partial charge is 0.387 e. The Bertz CT molecular complexity index is 4560. The molecule has 5 aromatic heterocycles. The molecule has 15 rings (SSSR count). The number of allylic oxidation sites excluding steroid dienone is 2. The molecule has 6 heterocycles. The summed E-state index contributed by atoms with van der Waals surface area (Å²) in [6, 6.07) is 78.0. The second kappa shape index (κ2) is 17.3. The standard InChI is InChI=1S/C67H44N8/c1-3-13-43(14-4-1)65-70-66(44-15-5-2-6-16-44)72-67(71-65)45-23-27-50(28-24-45)73-63-33-29-51(74-59-21-9-7-19-53(59)55-37-46(25-31-61(55)74)48-17-11-35-68-41-48)39-57(63)58-40-52(30-34-64(58)73)75-60-22-10-8-20-54(60)56-38-47(26-32-62(56)75)49-18-12-36-69-42-49/h1-35,37-42,69H,36H2. The van der Waals surface area contributed by atoms with E-state index in [0.717, 1.165) is 95.3 Å². The average molecular weight is 961 g/mol. The predicted octanol–water partition coefficient (Wildman–Crippen LogP) is 15.7. The smallest absolute Gasteiger partial charge is 0.164 e. The molecule has 1 N–H and O–H groups in total. The van der Waals surface area contributed by atoms with E-state index in [1.807, 2.05) is 79.1 Å². The van der Waals surface area contributed by atoms with Crippen molar-refractivity contribution in [3.05, 3.63) is 255 Å². The van der Waals surface area contributed by atoms with E-state index < -0.39 is 0 Å². The summed E-state index contributed by atoms with van der Waals surface area (Å²) in [5, 5.41) is 10.5.